The second kappa shape index (κ2) is 13.1. The second-order valence-electron chi connectivity index (χ2n) is 10.2. The van der Waals surface area contributed by atoms with Gasteiger partial charge in [0.1, 0.15) is 18.8 Å². The van der Waals surface area contributed by atoms with E-state index in [9.17, 15) is 14.4 Å². The van der Waals surface area contributed by atoms with E-state index in [1.54, 1.807) is 24.2 Å². The Hall–Kier alpha value is -3.56. The van der Waals surface area contributed by atoms with Gasteiger partial charge in [0.15, 0.2) is 0 Å². The fourth-order valence-electron chi connectivity index (χ4n) is 4.24. The van der Waals surface area contributed by atoms with Crippen LogP contribution in [-0.4, -0.2) is 57.1 Å². The molecule has 37 heavy (non-hydrogen) atoms. The maximum Gasteiger partial charge on any atom is 0.410 e. The Kier molecular flexibility index (Phi) is 9.93. The molecule has 1 aliphatic rings. The molecular formula is C27H38N4O6. The summed E-state index contributed by atoms with van der Waals surface area (Å²) in [5.74, 6) is -0.366. The van der Waals surface area contributed by atoms with Gasteiger partial charge in [-0.25, -0.2) is 9.59 Å². The summed E-state index contributed by atoms with van der Waals surface area (Å²) in [6.07, 6.45) is 5.39. The molecule has 1 heterocycles. The number of nitrogens with zero attached hydrogens (tertiary/aromatic N) is 3. The zero-order valence-electron chi connectivity index (χ0n) is 22.1. The normalized spacial score (nSPS) is 17.5. The molecule has 1 aromatic carbocycles. The van der Waals surface area contributed by atoms with Crippen LogP contribution in [0.4, 0.5) is 9.59 Å². The summed E-state index contributed by atoms with van der Waals surface area (Å²) in [6, 6.07) is 9.46. The number of carbonyl (C=O) groups excluding carboxylic acids is 3. The van der Waals surface area contributed by atoms with Crippen molar-refractivity contribution in [1.82, 2.24) is 20.0 Å². The van der Waals surface area contributed by atoms with Gasteiger partial charge < -0.3 is 24.4 Å². The van der Waals surface area contributed by atoms with Gasteiger partial charge >= 0.3 is 18.2 Å². The number of esters is 1. The Balaban J connectivity index is 1.56. The summed E-state index contributed by atoms with van der Waals surface area (Å²) in [5, 5.41) is 7.17. The van der Waals surface area contributed by atoms with Crippen LogP contribution in [0.1, 0.15) is 64.5 Å². The number of amides is 2. The first-order chi connectivity index (χ1) is 17.6. The highest BCUT2D eigenvalue weighted by atomic mass is 16.6. The monoisotopic (exact) mass is 514 g/mol. The summed E-state index contributed by atoms with van der Waals surface area (Å²) in [7, 11) is 0. The van der Waals surface area contributed by atoms with Crippen LogP contribution >= 0.6 is 0 Å². The summed E-state index contributed by atoms with van der Waals surface area (Å²) in [4.78, 5) is 38.9. The molecule has 0 spiro atoms. The van der Waals surface area contributed by atoms with Crippen LogP contribution < -0.4 is 5.32 Å². The van der Waals surface area contributed by atoms with Gasteiger partial charge in [-0.05, 0) is 58.9 Å². The Morgan fingerprint density at radius 3 is 2.41 bits per heavy atom. The average Bonchev–Trinajstić information content (AvgIpc) is 3.28. The molecule has 2 aromatic rings. The fraction of sp³-hybridized carbons (Fsp3) is 0.556. The SMILES string of the molecule is CCOC(=O)Cn1cc(CN(C(=O)OC(C)(C)C)C2CCC(NC(=O)OCc3ccccc3)CC2)cn1. The molecule has 10 nitrogen and oxygen atoms in total. The maximum absolute atomic E-state index is 13.1. The average molecular weight is 515 g/mol. The van der Waals surface area contributed by atoms with Crippen molar-refractivity contribution in [1.29, 1.82) is 0 Å². The first kappa shape index (κ1) is 28.0. The van der Waals surface area contributed by atoms with Crippen LogP contribution in [0, 0.1) is 0 Å². The minimum absolute atomic E-state index is 0.0113. The molecule has 3 rings (SSSR count). The molecule has 10 heteroatoms. The van der Waals surface area contributed by atoms with E-state index in [0.29, 0.717) is 38.8 Å². The minimum Gasteiger partial charge on any atom is -0.465 e. The van der Waals surface area contributed by atoms with Crippen molar-refractivity contribution in [2.24, 2.45) is 0 Å². The zero-order valence-corrected chi connectivity index (χ0v) is 22.1. The van der Waals surface area contributed by atoms with Gasteiger partial charge in [-0.3, -0.25) is 9.48 Å². The lowest BCUT2D eigenvalue weighted by Gasteiger charge is -2.37. The molecule has 1 fully saturated rings. The van der Waals surface area contributed by atoms with Crippen LogP contribution in [0.2, 0.25) is 0 Å². The summed E-state index contributed by atoms with van der Waals surface area (Å²) < 4.78 is 17.5. The molecule has 2 amide bonds. The number of hydrogen-bond donors (Lipinski definition) is 1. The highest BCUT2D eigenvalue weighted by molar-refractivity contribution is 5.69. The number of nitrogens with one attached hydrogen (secondary N) is 1. The fourth-order valence-corrected chi connectivity index (χ4v) is 4.24. The van der Waals surface area contributed by atoms with Crippen LogP contribution in [0.3, 0.4) is 0 Å². The Morgan fingerprint density at radius 2 is 1.76 bits per heavy atom. The molecule has 0 radical (unpaired) electrons. The molecule has 0 bridgehead atoms. The lowest BCUT2D eigenvalue weighted by molar-refractivity contribution is -0.144. The molecule has 1 aromatic heterocycles. The van der Waals surface area contributed by atoms with E-state index < -0.39 is 17.8 Å². The van der Waals surface area contributed by atoms with Gasteiger partial charge in [-0.2, -0.15) is 5.10 Å². The third kappa shape index (κ3) is 9.44. The van der Waals surface area contributed by atoms with Crippen molar-refractivity contribution in [3.63, 3.8) is 0 Å². The number of benzene rings is 1. The number of rotatable bonds is 9. The molecule has 202 valence electrons. The summed E-state index contributed by atoms with van der Waals surface area (Å²) in [5.41, 5.74) is 1.09. The summed E-state index contributed by atoms with van der Waals surface area (Å²) >= 11 is 0. The lowest BCUT2D eigenvalue weighted by Crippen LogP contribution is -2.47. The first-order valence-corrected chi connectivity index (χ1v) is 12.8. The number of aromatic nitrogens is 2. The van der Waals surface area contributed by atoms with E-state index >= 15 is 0 Å². The largest absolute Gasteiger partial charge is 0.465 e. The van der Waals surface area contributed by atoms with Gasteiger partial charge in [0.25, 0.3) is 0 Å². The highest BCUT2D eigenvalue weighted by Crippen LogP contribution is 2.26. The molecule has 1 N–H and O–H groups in total. The maximum atomic E-state index is 13.1. The van der Waals surface area contributed by atoms with Crippen molar-refractivity contribution < 1.29 is 28.6 Å². The smallest absolute Gasteiger partial charge is 0.410 e. The third-order valence-electron chi connectivity index (χ3n) is 5.94. The van der Waals surface area contributed by atoms with Crippen LogP contribution in [-0.2, 0) is 38.7 Å². The van der Waals surface area contributed by atoms with Gasteiger partial charge in [-0.15, -0.1) is 0 Å². The van der Waals surface area contributed by atoms with E-state index in [0.717, 1.165) is 11.1 Å². The lowest BCUT2D eigenvalue weighted by atomic mass is 9.90. The molecule has 0 unspecified atom stereocenters. The van der Waals surface area contributed by atoms with Gasteiger partial charge in [0.2, 0.25) is 0 Å². The highest BCUT2D eigenvalue weighted by Gasteiger charge is 2.32. The van der Waals surface area contributed by atoms with Gasteiger partial charge in [0, 0.05) is 23.8 Å². The van der Waals surface area contributed by atoms with E-state index in [4.69, 9.17) is 14.2 Å². The number of carbonyl (C=O) groups is 3. The van der Waals surface area contributed by atoms with Crippen molar-refractivity contribution in [2.75, 3.05) is 6.61 Å². The topological polar surface area (TPSA) is 112 Å². The van der Waals surface area contributed by atoms with Crippen LogP contribution in [0.25, 0.3) is 0 Å². The van der Waals surface area contributed by atoms with E-state index in [2.05, 4.69) is 10.4 Å². The van der Waals surface area contributed by atoms with Crippen molar-refractivity contribution >= 4 is 18.2 Å². The number of hydrogen-bond acceptors (Lipinski definition) is 7. The molecule has 0 aliphatic heterocycles. The van der Waals surface area contributed by atoms with E-state index in [1.165, 1.54) is 4.68 Å². The van der Waals surface area contributed by atoms with Crippen molar-refractivity contribution in [3.05, 3.63) is 53.9 Å². The van der Waals surface area contributed by atoms with Gasteiger partial charge in [-0.1, -0.05) is 30.3 Å². The molecular weight excluding hydrogens is 476 g/mol. The minimum atomic E-state index is -0.634. The van der Waals surface area contributed by atoms with Crippen LogP contribution in [0.15, 0.2) is 42.7 Å². The number of alkyl carbamates (subject to hydrolysis) is 1. The van der Waals surface area contributed by atoms with E-state index in [1.807, 2.05) is 51.1 Å². The third-order valence-corrected chi connectivity index (χ3v) is 5.94. The van der Waals surface area contributed by atoms with Gasteiger partial charge in [0.05, 0.1) is 19.3 Å². The zero-order chi connectivity index (χ0) is 26.8. The van der Waals surface area contributed by atoms with Crippen molar-refractivity contribution in [2.45, 2.75) is 90.8 Å². The first-order valence-electron chi connectivity index (χ1n) is 12.8. The molecule has 1 aliphatic carbocycles. The standard InChI is InChI=1S/C27H38N4O6/c1-5-35-24(32)18-30-16-21(15-28-30)17-31(26(34)37-27(2,3)4)23-13-11-22(12-14-23)29-25(33)36-19-20-9-7-6-8-10-20/h6-10,15-16,22-23H,5,11-14,17-19H2,1-4H3,(H,29,33). The van der Waals surface area contributed by atoms with Crippen molar-refractivity contribution in [3.8, 4) is 0 Å². The Labute approximate surface area is 218 Å². The number of ether oxygens (including phenoxy) is 3. The predicted molar refractivity (Wildman–Crippen MR) is 136 cm³/mol. The molecule has 0 atom stereocenters. The predicted octanol–water partition coefficient (Wildman–Crippen LogP) is 4.42. The Morgan fingerprint density at radius 1 is 1.05 bits per heavy atom. The second-order valence-corrected chi connectivity index (χ2v) is 10.2. The molecule has 0 saturated heterocycles. The summed E-state index contributed by atoms with van der Waals surface area (Å²) in [6.45, 7) is 8.10. The Bertz CT molecular complexity index is 1030. The quantitative estimate of drug-likeness (QED) is 0.389. The molecule has 1 saturated carbocycles. The van der Waals surface area contributed by atoms with E-state index in [-0.39, 0.29) is 31.2 Å². The van der Waals surface area contributed by atoms with Crippen LogP contribution in [0.5, 0.6) is 0 Å².